The number of piperidine rings is 1. The normalized spacial score (nSPS) is 24.0. The number of aliphatic imine (C=N–C) groups is 1. The van der Waals surface area contributed by atoms with E-state index in [-0.39, 0.29) is 18.0 Å². The number of anilines is 1. The fourth-order valence-corrected chi connectivity index (χ4v) is 5.94. The number of benzene rings is 1. The van der Waals surface area contributed by atoms with Crippen molar-refractivity contribution in [1.82, 2.24) is 9.47 Å². The van der Waals surface area contributed by atoms with Gasteiger partial charge in [0.25, 0.3) is 0 Å². The third-order valence-electron chi connectivity index (χ3n) is 7.63. The van der Waals surface area contributed by atoms with Crippen LogP contribution in [0.1, 0.15) is 58.1 Å². The summed E-state index contributed by atoms with van der Waals surface area (Å²) < 4.78 is 12.9. The van der Waals surface area contributed by atoms with Gasteiger partial charge in [-0.1, -0.05) is 0 Å². The first-order chi connectivity index (χ1) is 16.5. The van der Waals surface area contributed by atoms with Crippen molar-refractivity contribution in [3.05, 3.63) is 23.8 Å². The Labute approximate surface area is 201 Å². The van der Waals surface area contributed by atoms with Crippen LogP contribution in [0.3, 0.4) is 0 Å². The molecule has 1 N–H and O–H groups in total. The van der Waals surface area contributed by atoms with Crippen LogP contribution in [0.25, 0.3) is 10.9 Å². The minimum Gasteiger partial charge on any atom is -0.494 e. The fourth-order valence-electron chi connectivity index (χ4n) is 5.94. The molecule has 0 saturated carbocycles. The largest absolute Gasteiger partial charge is 0.494 e. The highest BCUT2D eigenvalue weighted by molar-refractivity contribution is 6.14. The van der Waals surface area contributed by atoms with Gasteiger partial charge in [0, 0.05) is 42.3 Å². The number of carbonyl (C=O) groups is 1. The quantitative estimate of drug-likeness (QED) is 0.722. The maximum absolute atomic E-state index is 12.2. The van der Waals surface area contributed by atoms with E-state index in [0.29, 0.717) is 51.5 Å². The number of amides is 1. The van der Waals surface area contributed by atoms with Crippen molar-refractivity contribution < 1.29 is 19.4 Å². The molecule has 2 aromatic rings. The van der Waals surface area contributed by atoms with E-state index < -0.39 is 0 Å². The molecule has 3 aliphatic rings. The van der Waals surface area contributed by atoms with E-state index in [1.165, 1.54) is 18.5 Å². The van der Waals surface area contributed by atoms with Crippen LogP contribution in [0.4, 0.5) is 10.5 Å². The molecule has 3 aliphatic heterocycles. The van der Waals surface area contributed by atoms with Crippen molar-refractivity contribution in [3.63, 3.8) is 0 Å². The molecule has 4 heterocycles. The molecule has 0 aliphatic carbocycles. The average molecular weight is 469 g/mol. The molecule has 8 heteroatoms. The third-order valence-corrected chi connectivity index (χ3v) is 7.63. The Morgan fingerprint density at radius 2 is 1.91 bits per heavy atom. The van der Waals surface area contributed by atoms with Gasteiger partial charge in [0.2, 0.25) is 5.88 Å². The van der Waals surface area contributed by atoms with E-state index >= 15 is 0 Å². The first kappa shape index (κ1) is 23.0. The van der Waals surface area contributed by atoms with Gasteiger partial charge in [-0.25, -0.2) is 4.79 Å². The maximum atomic E-state index is 12.2. The molecular weight excluding hydrogens is 432 g/mol. The van der Waals surface area contributed by atoms with Crippen LogP contribution >= 0.6 is 0 Å². The molecular formula is C26H36N4O4. The second kappa shape index (κ2) is 9.49. The number of hydrogen-bond donors (Lipinski definition) is 1. The Bertz CT molecular complexity index is 1080. The van der Waals surface area contributed by atoms with Gasteiger partial charge in [0.1, 0.15) is 0 Å². The van der Waals surface area contributed by atoms with Gasteiger partial charge >= 0.3 is 6.09 Å². The van der Waals surface area contributed by atoms with Crippen molar-refractivity contribution in [1.29, 1.82) is 0 Å². The number of rotatable bonds is 4. The predicted octanol–water partition coefficient (Wildman–Crippen LogP) is 4.34. The summed E-state index contributed by atoms with van der Waals surface area (Å²) in [5.74, 6) is 0.258. The number of carbonyl (C=O) groups excluding carboxylic acids is 1. The molecule has 184 valence electrons. The van der Waals surface area contributed by atoms with E-state index in [1.807, 2.05) is 6.92 Å². The van der Waals surface area contributed by atoms with E-state index in [2.05, 4.69) is 41.5 Å². The van der Waals surface area contributed by atoms with Crippen LogP contribution < -0.4 is 4.90 Å². The Hall–Kier alpha value is -2.74. The van der Waals surface area contributed by atoms with Gasteiger partial charge in [-0.15, -0.1) is 0 Å². The summed E-state index contributed by atoms with van der Waals surface area (Å²) in [6.07, 6.45) is 3.66. The van der Waals surface area contributed by atoms with E-state index in [1.54, 1.807) is 4.90 Å². The summed E-state index contributed by atoms with van der Waals surface area (Å²) in [5, 5.41) is 12.6. The SMILES string of the molecule is CCOC(=O)N1CCC(n2c(O)c(C3=NCCOC3)c3cc(N4C(C)CCC4C)ccc32)CC1. The van der Waals surface area contributed by atoms with E-state index in [9.17, 15) is 9.90 Å². The van der Waals surface area contributed by atoms with E-state index in [4.69, 9.17) is 14.5 Å². The Morgan fingerprint density at radius 1 is 1.18 bits per heavy atom. The Balaban J connectivity index is 1.54. The molecule has 1 aromatic heterocycles. The summed E-state index contributed by atoms with van der Waals surface area (Å²) in [6.45, 7) is 9.64. The Morgan fingerprint density at radius 3 is 2.56 bits per heavy atom. The van der Waals surface area contributed by atoms with Crippen molar-refractivity contribution in [2.75, 3.05) is 44.4 Å². The van der Waals surface area contributed by atoms with Gasteiger partial charge < -0.3 is 28.9 Å². The second-order valence-electron chi connectivity index (χ2n) is 9.75. The molecule has 0 spiro atoms. The minimum absolute atomic E-state index is 0.0996. The fraction of sp³-hybridized carbons (Fsp3) is 0.615. The number of hydrogen-bond acceptors (Lipinski definition) is 6. The molecule has 34 heavy (non-hydrogen) atoms. The van der Waals surface area contributed by atoms with Crippen molar-refractivity contribution >= 4 is 28.4 Å². The topological polar surface area (TPSA) is 79.5 Å². The van der Waals surface area contributed by atoms with Gasteiger partial charge in [-0.3, -0.25) is 4.99 Å². The molecule has 8 nitrogen and oxygen atoms in total. The highest BCUT2D eigenvalue weighted by Crippen LogP contribution is 2.41. The van der Waals surface area contributed by atoms with Gasteiger partial charge in [-0.05, 0) is 64.7 Å². The van der Waals surface area contributed by atoms with Crippen LogP contribution in [0, 0.1) is 0 Å². The lowest BCUT2D eigenvalue weighted by atomic mass is 10.0. The van der Waals surface area contributed by atoms with Crippen LogP contribution in [-0.2, 0) is 9.47 Å². The Kier molecular flexibility index (Phi) is 6.42. The maximum Gasteiger partial charge on any atom is 0.409 e. The molecule has 2 atom stereocenters. The van der Waals surface area contributed by atoms with Gasteiger partial charge in [-0.2, -0.15) is 0 Å². The molecule has 0 radical (unpaired) electrons. The molecule has 0 bridgehead atoms. The lowest BCUT2D eigenvalue weighted by Gasteiger charge is -2.32. The lowest BCUT2D eigenvalue weighted by molar-refractivity contribution is 0.0924. The zero-order chi connectivity index (χ0) is 23.8. The highest BCUT2D eigenvalue weighted by atomic mass is 16.6. The van der Waals surface area contributed by atoms with Crippen LogP contribution in [-0.4, -0.2) is 77.9 Å². The molecule has 1 aromatic carbocycles. The lowest BCUT2D eigenvalue weighted by Crippen LogP contribution is -2.39. The number of fused-ring (bicyclic) bond motifs is 1. The smallest absolute Gasteiger partial charge is 0.409 e. The van der Waals surface area contributed by atoms with Gasteiger partial charge in [0.15, 0.2) is 0 Å². The van der Waals surface area contributed by atoms with Crippen LogP contribution in [0.5, 0.6) is 5.88 Å². The van der Waals surface area contributed by atoms with Crippen LogP contribution in [0.2, 0.25) is 0 Å². The van der Waals surface area contributed by atoms with Crippen LogP contribution in [0.15, 0.2) is 23.2 Å². The third kappa shape index (κ3) is 4.02. The summed E-state index contributed by atoms with van der Waals surface area (Å²) >= 11 is 0. The predicted molar refractivity (Wildman–Crippen MR) is 133 cm³/mol. The molecule has 2 saturated heterocycles. The number of aromatic nitrogens is 1. The van der Waals surface area contributed by atoms with Crippen molar-refractivity contribution in [3.8, 4) is 5.88 Å². The van der Waals surface area contributed by atoms with E-state index in [0.717, 1.165) is 35.0 Å². The first-order valence-corrected chi connectivity index (χ1v) is 12.7. The van der Waals surface area contributed by atoms with Crippen molar-refractivity contribution in [2.24, 2.45) is 4.99 Å². The van der Waals surface area contributed by atoms with Gasteiger partial charge in [0.05, 0.1) is 43.2 Å². The summed E-state index contributed by atoms with van der Waals surface area (Å²) in [4.78, 5) is 21.1. The standard InChI is InChI=1S/C26H36N4O4/c1-4-34-26(32)28-12-9-19(10-13-28)30-23-8-7-20(29-17(2)5-6-18(29)3)15-21(23)24(25(30)31)22-16-33-14-11-27-22/h7-8,15,17-19,31H,4-6,9-14,16H2,1-3H3. The number of likely N-dealkylation sites (tertiary alicyclic amines) is 1. The minimum atomic E-state index is -0.254. The monoisotopic (exact) mass is 468 g/mol. The molecule has 2 unspecified atom stereocenters. The zero-order valence-corrected chi connectivity index (χ0v) is 20.5. The molecule has 1 amide bonds. The number of ether oxygens (including phenoxy) is 2. The summed E-state index contributed by atoms with van der Waals surface area (Å²) in [5.41, 5.74) is 3.82. The number of aromatic hydroxyl groups is 1. The number of nitrogens with zero attached hydrogens (tertiary/aromatic N) is 4. The summed E-state index contributed by atoms with van der Waals surface area (Å²) in [6, 6.07) is 7.65. The molecule has 5 rings (SSSR count). The second-order valence-corrected chi connectivity index (χ2v) is 9.75. The highest BCUT2D eigenvalue weighted by Gasteiger charge is 2.32. The first-order valence-electron chi connectivity index (χ1n) is 12.7. The van der Waals surface area contributed by atoms with Crippen molar-refractivity contribution in [2.45, 2.75) is 64.6 Å². The zero-order valence-electron chi connectivity index (χ0n) is 20.5. The molecule has 2 fully saturated rings. The summed E-state index contributed by atoms with van der Waals surface area (Å²) in [7, 11) is 0. The average Bonchev–Trinajstić information content (AvgIpc) is 3.34.